The highest BCUT2D eigenvalue weighted by Crippen LogP contribution is 2.28. The van der Waals surface area contributed by atoms with Gasteiger partial charge in [-0.25, -0.2) is 4.79 Å². The number of thiophene rings is 1. The summed E-state index contributed by atoms with van der Waals surface area (Å²) in [5.41, 5.74) is 1.31. The third-order valence-electron chi connectivity index (χ3n) is 5.73. The summed E-state index contributed by atoms with van der Waals surface area (Å²) in [6.07, 6.45) is 0. The Hall–Kier alpha value is -2.51. The van der Waals surface area contributed by atoms with Crippen molar-refractivity contribution in [2.45, 2.75) is 12.6 Å². The van der Waals surface area contributed by atoms with E-state index in [1.165, 1.54) is 4.88 Å². The van der Waals surface area contributed by atoms with Gasteiger partial charge in [-0.15, -0.1) is 11.3 Å². The average Bonchev–Trinajstić information content (AvgIpc) is 3.31. The fourth-order valence-electron chi connectivity index (χ4n) is 4.28. The maximum Gasteiger partial charge on any atom is 0.336 e. The summed E-state index contributed by atoms with van der Waals surface area (Å²) in [7, 11) is 0. The standard InChI is InChI=1S/C24H24N2O3S/c27-23-14-18(24-19-5-2-1-4-17(19)7-8-21(24)29-23)15-25-16-20(22-6-3-13-30-22)26-9-11-28-12-10-26/h1-8,13-14,20,25H,9-12,15-16H2. The number of hydrogen-bond acceptors (Lipinski definition) is 6. The average molecular weight is 421 g/mol. The molecule has 0 aliphatic carbocycles. The number of rotatable bonds is 6. The van der Waals surface area contributed by atoms with Gasteiger partial charge in [0.2, 0.25) is 0 Å². The minimum absolute atomic E-state index is 0.303. The molecule has 4 aromatic rings. The van der Waals surface area contributed by atoms with Gasteiger partial charge in [0.1, 0.15) is 5.58 Å². The molecule has 30 heavy (non-hydrogen) atoms. The Morgan fingerprint density at radius 2 is 1.93 bits per heavy atom. The quantitative estimate of drug-likeness (QED) is 0.375. The van der Waals surface area contributed by atoms with Crippen molar-refractivity contribution in [1.29, 1.82) is 0 Å². The number of morpholine rings is 1. The lowest BCUT2D eigenvalue weighted by atomic mass is 10.0. The van der Waals surface area contributed by atoms with Gasteiger partial charge in [-0.05, 0) is 33.8 Å². The van der Waals surface area contributed by atoms with Gasteiger partial charge in [-0.1, -0.05) is 36.4 Å². The normalized spacial score (nSPS) is 16.3. The van der Waals surface area contributed by atoms with E-state index in [-0.39, 0.29) is 5.63 Å². The zero-order chi connectivity index (χ0) is 20.3. The van der Waals surface area contributed by atoms with E-state index < -0.39 is 0 Å². The number of nitrogens with one attached hydrogen (secondary N) is 1. The second-order valence-electron chi connectivity index (χ2n) is 7.56. The molecule has 1 aliphatic heterocycles. The van der Waals surface area contributed by atoms with Crippen molar-refractivity contribution in [2.75, 3.05) is 32.8 Å². The van der Waals surface area contributed by atoms with Crippen LogP contribution in [0.5, 0.6) is 0 Å². The Bertz CT molecular complexity index is 1200. The molecular weight excluding hydrogens is 396 g/mol. The van der Waals surface area contributed by atoms with E-state index >= 15 is 0 Å². The first-order chi connectivity index (χ1) is 14.8. The summed E-state index contributed by atoms with van der Waals surface area (Å²) in [4.78, 5) is 16.0. The highest BCUT2D eigenvalue weighted by atomic mass is 32.1. The van der Waals surface area contributed by atoms with E-state index in [1.807, 2.05) is 24.3 Å². The molecule has 1 N–H and O–H groups in total. The molecule has 6 heteroatoms. The first kappa shape index (κ1) is 19.5. The first-order valence-corrected chi connectivity index (χ1v) is 11.2. The molecule has 5 rings (SSSR count). The lowest BCUT2D eigenvalue weighted by molar-refractivity contribution is 0.0168. The number of hydrogen-bond donors (Lipinski definition) is 1. The van der Waals surface area contributed by atoms with E-state index in [4.69, 9.17) is 9.15 Å². The smallest absolute Gasteiger partial charge is 0.336 e. The molecule has 0 radical (unpaired) electrons. The van der Waals surface area contributed by atoms with Gasteiger partial charge >= 0.3 is 5.63 Å². The van der Waals surface area contributed by atoms with Gasteiger partial charge in [0.15, 0.2) is 0 Å². The Labute approximate surface area is 178 Å². The molecule has 0 spiro atoms. The second-order valence-corrected chi connectivity index (χ2v) is 8.54. The fourth-order valence-corrected chi connectivity index (χ4v) is 5.14. The molecule has 1 atom stereocenters. The summed E-state index contributed by atoms with van der Waals surface area (Å²) >= 11 is 1.79. The van der Waals surface area contributed by atoms with E-state index in [0.717, 1.165) is 54.6 Å². The maximum absolute atomic E-state index is 12.2. The van der Waals surface area contributed by atoms with Gasteiger partial charge in [-0.3, -0.25) is 4.90 Å². The first-order valence-electron chi connectivity index (χ1n) is 10.3. The maximum atomic E-state index is 12.2. The second kappa shape index (κ2) is 8.70. The molecule has 0 amide bonds. The number of ether oxygens (including phenoxy) is 1. The van der Waals surface area contributed by atoms with Crippen molar-refractivity contribution in [3.05, 3.63) is 80.8 Å². The largest absolute Gasteiger partial charge is 0.423 e. The Morgan fingerprint density at radius 1 is 1.07 bits per heavy atom. The molecule has 1 saturated heterocycles. The van der Waals surface area contributed by atoms with Crippen LogP contribution >= 0.6 is 11.3 Å². The molecule has 0 saturated carbocycles. The van der Waals surface area contributed by atoms with Gasteiger partial charge in [-0.2, -0.15) is 0 Å². The molecule has 1 unspecified atom stereocenters. The molecule has 5 nitrogen and oxygen atoms in total. The lowest BCUT2D eigenvalue weighted by Gasteiger charge is -2.34. The molecule has 3 heterocycles. The van der Waals surface area contributed by atoms with Gasteiger partial charge in [0.05, 0.1) is 19.3 Å². The van der Waals surface area contributed by atoms with Crippen molar-refractivity contribution in [3.63, 3.8) is 0 Å². The van der Waals surface area contributed by atoms with Crippen LogP contribution in [0.3, 0.4) is 0 Å². The molecule has 1 aliphatic rings. The van der Waals surface area contributed by atoms with Crippen molar-refractivity contribution >= 4 is 33.1 Å². The van der Waals surface area contributed by atoms with Crippen LogP contribution in [0.1, 0.15) is 16.5 Å². The predicted octanol–water partition coefficient (Wildman–Crippen LogP) is 4.17. The summed E-state index contributed by atoms with van der Waals surface area (Å²) in [6.45, 7) is 4.85. The highest BCUT2D eigenvalue weighted by molar-refractivity contribution is 7.10. The molecule has 2 aromatic heterocycles. The highest BCUT2D eigenvalue weighted by Gasteiger charge is 2.23. The van der Waals surface area contributed by atoms with E-state index in [0.29, 0.717) is 18.2 Å². The zero-order valence-corrected chi connectivity index (χ0v) is 17.5. The van der Waals surface area contributed by atoms with Crippen molar-refractivity contribution in [3.8, 4) is 0 Å². The van der Waals surface area contributed by atoms with E-state index in [2.05, 4.69) is 39.9 Å². The Kier molecular flexibility index (Phi) is 5.64. The minimum atomic E-state index is -0.308. The van der Waals surface area contributed by atoms with Crippen LogP contribution in [0.25, 0.3) is 21.7 Å². The third-order valence-corrected chi connectivity index (χ3v) is 6.70. The summed E-state index contributed by atoms with van der Waals surface area (Å²) < 4.78 is 11.0. The molecule has 154 valence electrons. The van der Waals surface area contributed by atoms with Crippen LogP contribution in [0, 0.1) is 0 Å². The Balaban J connectivity index is 1.42. The Morgan fingerprint density at radius 3 is 2.77 bits per heavy atom. The molecular formula is C24H24N2O3S. The van der Waals surface area contributed by atoms with Crippen LogP contribution in [0.4, 0.5) is 0 Å². The van der Waals surface area contributed by atoms with Crippen LogP contribution in [-0.2, 0) is 11.3 Å². The fraction of sp³-hybridized carbons (Fsp3) is 0.292. The predicted molar refractivity (Wildman–Crippen MR) is 121 cm³/mol. The third kappa shape index (κ3) is 3.91. The number of nitrogens with zero attached hydrogens (tertiary/aromatic N) is 1. The summed E-state index contributed by atoms with van der Waals surface area (Å²) in [5, 5.41) is 9.01. The van der Waals surface area contributed by atoms with Crippen molar-refractivity contribution < 1.29 is 9.15 Å². The SMILES string of the molecule is O=c1cc(CNCC(c2cccs2)N2CCOCC2)c2c(ccc3ccccc32)o1. The molecule has 0 bridgehead atoms. The number of benzene rings is 2. The van der Waals surface area contributed by atoms with E-state index in [9.17, 15) is 4.79 Å². The zero-order valence-electron chi connectivity index (χ0n) is 16.7. The monoisotopic (exact) mass is 420 g/mol. The molecule has 1 fully saturated rings. The number of fused-ring (bicyclic) bond motifs is 3. The van der Waals surface area contributed by atoms with E-state index in [1.54, 1.807) is 17.4 Å². The topological polar surface area (TPSA) is 54.7 Å². The summed E-state index contributed by atoms with van der Waals surface area (Å²) in [6, 6.07) is 18.4. The lowest BCUT2D eigenvalue weighted by Crippen LogP contribution is -2.42. The summed E-state index contributed by atoms with van der Waals surface area (Å²) in [5.74, 6) is 0. The van der Waals surface area contributed by atoms with Crippen molar-refractivity contribution in [1.82, 2.24) is 10.2 Å². The van der Waals surface area contributed by atoms with Crippen LogP contribution < -0.4 is 10.9 Å². The van der Waals surface area contributed by atoms with Crippen LogP contribution in [0.2, 0.25) is 0 Å². The van der Waals surface area contributed by atoms with Crippen molar-refractivity contribution in [2.24, 2.45) is 0 Å². The van der Waals surface area contributed by atoms with Crippen LogP contribution in [0.15, 0.2) is 69.2 Å². The van der Waals surface area contributed by atoms with Gasteiger partial charge < -0.3 is 14.5 Å². The minimum Gasteiger partial charge on any atom is -0.423 e. The van der Waals surface area contributed by atoms with Crippen LogP contribution in [-0.4, -0.2) is 37.7 Å². The molecule has 2 aromatic carbocycles. The van der Waals surface area contributed by atoms with Gasteiger partial charge in [0.25, 0.3) is 0 Å². The van der Waals surface area contributed by atoms with Gasteiger partial charge in [0, 0.05) is 42.5 Å².